The van der Waals surface area contributed by atoms with Gasteiger partial charge in [-0.3, -0.25) is 9.69 Å². The summed E-state index contributed by atoms with van der Waals surface area (Å²) in [4.78, 5) is 23.7. The van der Waals surface area contributed by atoms with Gasteiger partial charge in [0.2, 0.25) is 5.91 Å². The smallest absolute Gasteiger partial charge is 0.236 e. The van der Waals surface area contributed by atoms with Crippen LogP contribution in [0.4, 0.5) is 8.78 Å². The van der Waals surface area contributed by atoms with Crippen LogP contribution in [-0.2, 0) is 4.79 Å². The Morgan fingerprint density at radius 1 is 1.29 bits per heavy atom. The van der Waals surface area contributed by atoms with Gasteiger partial charge in [0.25, 0.3) is 0 Å². The van der Waals surface area contributed by atoms with E-state index in [9.17, 15) is 18.7 Å². The normalized spacial score (nSPS) is 19.0. The van der Waals surface area contributed by atoms with Gasteiger partial charge in [0, 0.05) is 48.4 Å². The van der Waals surface area contributed by atoms with E-state index in [1.807, 2.05) is 6.07 Å². The van der Waals surface area contributed by atoms with Gasteiger partial charge in [0.05, 0.1) is 26.0 Å². The van der Waals surface area contributed by atoms with Crippen molar-refractivity contribution in [1.29, 1.82) is 0 Å². The van der Waals surface area contributed by atoms with Gasteiger partial charge in [0.1, 0.15) is 23.0 Å². The number of halogens is 2. The third-order valence-electron chi connectivity index (χ3n) is 6.56. The van der Waals surface area contributed by atoms with Gasteiger partial charge in [-0.15, -0.1) is 0 Å². The summed E-state index contributed by atoms with van der Waals surface area (Å²) in [7, 11) is 1.46. The molecule has 34 heavy (non-hydrogen) atoms. The molecule has 0 bridgehead atoms. The Morgan fingerprint density at radius 3 is 2.85 bits per heavy atom. The van der Waals surface area contributed by atoms with E-state index in [1.54, 1.807) is 4.90 Å². The molecule has 1 atom stereocenters. The largest absolute Gasteiger partial charge is 0.496 e. The number of rotatable bonds is 5. The summed E-state index contributed by atoms with van der Waals surface area (Å²) in [6.07, 6.45) is 4.10. The van der Waals surface area contributed by atoms with Crippen LogP contribution in [0.25, 0.3) is 27.7 Å². The van der Waals surface area contributed by atoms with E-state index < -0.39 is 17.7 Å². The minimum atomic E-state index is -0.559. The first kappa shape index (κ1) is 22.5. The first-order valence-electron chi connectivity index (χ1n) is 11.3. The first-order chi connectivity index (χ1) is 16.4. The first-order valence-corrected chi connectivity index (χ1v) is 11.3. The van der Waals surface area contributed by atoms with Gasteiger partial charge in [0.15, 0.2) is 0 Å². The van der Waals surface area contributed by atoms with Crippen molar-refractivity contribution in [2.45, 2.75) is 18.9 Å². The number of carbonyl (C=O) groups excluding carboxylic acids is 1. The van der Waals surface area contributed by atoms with Gasteiger partial charge in [-0.1, -0.05) is 6.08 Å². The molecule has 1 fully saturated rings. The standard InChI is InChI=1S/C25H26F2N4O3/c1-34-22-3-2-16(26)10-18(22)24-19-11-21(29-25(19)28-12-20(24)27)15-4-7-30(8-5-15)14-23(33)31-9-6-17(32)13-31/h2-4,10-12,17,32H,5-9,13-14H2,1H3,(H,28,29)/t17-/m1/s1. The fourth-order valence-corrected chi connectivity index (χ4v) is 4.73. The number of hydrogen-bond acceptors (Lipinski definition) is 5. The minimum absolute atomic E-state index is 0.0346. The number of ether oxygens (including phenoxy) is 1. The molecule has 5 rings (SSSR count). The number of hydrogen-bond donors (Lipinski definition) is 2. The molecule has 2 aliphatic heterocycles. The number of carbonyl (C=O) groups is 1. The van der Waals surface area contributed by atoms with Crippen molar-refractivity contribution < 1.29 is 23.4 Å². The average Bonchev–Trinajstić information content (AvgIpc) is 3.46. The molecule has 3 aromatic rings. The second kappa shape index (κ2) is 9.15. The predicted molar refractivity (Wildman–Crippen MR) is 124 cm³/mol. The summed E-state index contributed by atoms with van der Waals surface area (Å²) in [5.41, 5.74) is 2.94. The van der Waals surface area contributed by atoms with Crippen LogP contribution in [-0.4, -0.2) is 76.7 Å². The molecule has 0 radical (unpaired) electrons. The SMILES string of the molecule is COc1ccc(F)cc1-c1c(F)cnc2[nH]c(C3=CCN(CC(=O)N4CC[C@@H](O)C4)CC3)cc12. The summed E-state index contributed by atoms with van der Waals surface area (Å²) in [5, 5.41) is 10.2. The number of amides is 1. The summed E-state index contributed by atoms with van der Waals surface area (Å²) in [5.74, 6) is -0.633. The van der Waals surface area contributed by atoms with Crippen molar-refractivity contribution in [1.82, 2.24) is 19.8 Å². The monoisotopic (exact) mass is 468 g/mol. The minimum Gasteiger partial charge on any atom is -0.496 e. The van der Waals surface area contributed by atoms with Crippen molar-refractivity contribution in [3.05, 3.63) is 53.9 Å². The lowest BCUT2D eigenvalue weighted by Crippen LogP contribution is -2.41. The van der Waals surface area contributed by atoms with E-state index in [2.05, 4.69) is 20.9 Å². The van der Waals surface area contributed by atoms with Crippen LogP contribution in [0.3, 0.4) is 0 Å². The third kappa shape index (κ3) is 4.28. The van der Waals surface area contributed by atoms with Crippen LogP contribution in [0, 0.1) is 11.6 Å². The molecule has 1 saturated heterocycles. The fourth-order valence-electron chi connectivity index (χ4n) is 4.73. The molecule has 1 aromatic carbocycles. The fraction of sp³-hybridized carbons (Fsp3) is 0.360. The maximum absolute atomic E-state index is 14.9. The van der Waals surface area contributed by atoms with Crippen LogP contribution >= 0.6 is 0 Å². The summed E-state index contributed by atoms with van der Waals surface area (Å²) < 4.78 is 34.2. The number of β-amino-alcohol motifs (C(OH)–C–C–N with tert-alkyl or cyclic N) is 1. The topological polar surface area (TPSA) is 81.7 Å². The third-order valence-corrected chi connectivity index (χ3v) is 6.56. The lowest BCUT2D eigenvalue weighted by atomic mass is 10.0. The highest BCUT2D eigenvalue weighted by Gasteiger charge is 2.26. The van der Waals surface area contributed by atoms with E-state index in [4.69, 9.17) is 4.74 Å². The Bertz CT molecular complexity index is 1270. The molecule has 2 aliphatic rings. The summed E-state index contributed by atoms with van der Waals surface area (Å²) in [6, 6.07) is 5.85. The predicted octanol–water partition coefficient (Wildman–Crippen LogP) is 3.20. The molecule has 7 nitrogen and oxygen atoms in total. The van der Waals surface area contributed by atoms with E-state index in [1.165, 1.54) is 25.3 Å². The van der Waals surface area contributed by atoms with Gasteiger partial charge in [-0.25, -0.2) is 13.8 Å². The highest BCUT2D eigenvalue weighted by atomic mass is 19.1. The van der Waals surface area contributed by atoms with Crippen molar-refractivity contribution in [2.75, 3.05) is 39.8 Å². The number of aliphatic hydroxyl groups is 1. The van der Waals surface area contributed by atoms with Gasteiger partial charge in [-0.2, -0.15) is 0 Å². The molecule has 4 heterocycles. The Balaban J connectivity index is 1.39. The number of nitrogens with zero attached hydrogens (tertiary/aromatic N) is 3. The van der Waals surface area contributed by atoms with Gasteiger partial charge >= 0.3 is 0 Å². The molecule has 9 heteroatoms. The zero-order valence-corrected chi connectivity index (χ0v) is 18.9. The number of likely N-dealkylation sites (tertiary alicyclic amines) is 1. The van der Waals surface area contributed by atoms with E-state index in [-0.39, 0.29) is 11.5 Å². The number of benzene rings is 1. The Morgan fingerprint density at radius 2 is 2.15 bits per heavy atom. The molecule has 1 amide bonds. The molecule has 2 N–H and O–H groups in total. The second-order valence-corrected chi connectivity index (χ2v) is 8.77. The summed E-state index contributed by atoms with van der Waals surface area (Å²) >= 11 is 0. The number of aliphatic hydroxyl groups excluding tert-OH is 1. The van der Waals surface area contributed by atoms with Crippen LogP contribution in [0.5, 0.6) is 5.75 Å². The van der Waals surface area contributed by atoms with E-state index >= 15 is 0 Å². The molecular formula is C25H26F2N4O3. The number of H-pyrrole nitrogens is 1. The van der Waals surface area contributed by atoms with E-state index in [0.29, 0.717) is 67.9 Å². The van der Waals surface area contributed by atoms with Crippen LogP contribution < -0.4 is 4.74 Å². The highest BCUT2D eigenvalue weighted by molar-refractivity contribution is 5.97. The Kier molecular flexibility index (Phi) is 6.05. The quantitative estimate of drug-likeness (QED) is 0.601. The maximum atomic E-state index is 14.9. The van der Waals surface area contributed by atoms with E-state index in [0.717, 1.165) is 17.5 Å². The zero-order valence-electron chi connectivity index (χ0n) is 18.9. The Hall–Kier alpha value is -3.30. The maximum Gasteiger partial charge on any atom is 0.236 e. The number of pyridine rings is 1. The highest BCUT2D eigenvalue weighted by Crippen LogP contribution is 2.38. The molecule has 2 aromatic heterocycles. The molecule has 0 unspecified atom stereocenters. The molecular weight excluding hydrogens is 442 g/mol. The van der Waals surface area contributed by atoms with Crippen LogP contribution in [0.1, 0.15) is 18.5 Å². The van der Waals surface area contributed by atoms with Crippen LogP contribution in [0.15, 0.2) is 36.5 Å². The lowest BCUT2D eigenvalue weighted by molar-refractivity contribution is -0.131. The number of methoxy groups -OCH3 is 1. The molecule has 0 spiro atoms. The zero-order chi connectivity index (χ0) is 23.8. The molecule has 178 valence electrons. The van der Waals surface area contributed by atoms with Crippen LogP contribution in [0.2, 0.25) is 0 Å². The lowest BCUT2D eigenvalue weighted by Gasteiger charge is -2.27. The average molecular weight is 469 g/mol. The molecule has 0 saturated carbocycles. The number of fused-ring (bicyclic) bond motifs is 1. The van der Waals surface area contributed by atoms with Gasteiger partial charge < -0.3 is 19.7 Å². The summed E-state index contributed by atoms with van der Waals surface area (Å²) in [6.45, 7) is 2.64. The number of nitrogens with one attached hydrogen (secondary N) is 1. The van der Waals surface area contributed by atoms with Crippen molar-refractivity contribution in [3.8, 4) is 16.9 Å². The van der Waals surface area contributed by atoms with Crippen molar-refractivity contribution in [2.24, 2.45) is 0 Å². The molecule has 0 aliphatic carbocycles. The van der Waals surface area contributed by atoms with Gasteiger partial charge in [-0.05, 0) is 42.7 Å². The van der Waals surface area contributed by atoms with Crippen molar-refractivity contribution in [3.63, 3.8) is 0 Å². The number of aromatic nitrogens is 2. The van der Waals surface area contributed by atoms with Crippen molar-refractivity contribution >= 4 is 22.5 Å². The Labute approximate surface area is 195 Å². The number of aromatic amines is 1. The second-order valence-electron chi connectivity index (χ2n) is 8.77.